The van der Waals surface area contributed by atoms with Crippen LogP contribution in [0, 0.1) is 5.41 Å². The Morgan fingerprint density at radius 3 is 2.05 bits per heavy atom. The molecule has 1 aliphatic rings. The van der Waals surface area contributed by atoms with Crippen LogP contribution in [0.5, 0.6) is 0 Å². The largest absolute Gasteiger partial charge is 0.481 e. The Labute approximate surface area is 133 Å². The smallest absolute Gasteiger partial charge is 0.410 e. The van der Waals surface area contributed by atoms with Crippen LogP contribution >= 0.6 is 0 Å². The van der Waals surface area contributed by atoms with Crippen molar-refractivity contribution in [1.29, 1.82) is 0 Å². The van der Waals surface area contributed by atoms with Crippen molar-refractivity contribution in [2.24, 2.45) is 5.41 Å². The van der Waals surface area contributed by atoms with Gasteiger partial charge in [-0.1, -0.05) is 20.8 Å². The van der Waals surface area contributed by atoms with E-state index in [9.17, 15) is 14.7 Å². The number of nitrogens with zero attached hydrogens (tertiary/aromatic N) is 2. The predicted molar refractivity (Wildman–Crippen MR) is 84.9 cm³/mol. The van der Waals surface area contributed by atoms with Gasteiger partial charge in [-0.2, -0.15) is 0 Å². The molecule has 0 spiro atoms. The first-order chi connectivity index (χ1) is 9.74. The van der Waals surface area contributed by atoms with E-state index in [1.54, 1.807) is 4.90 Å². The van der Waals surface area contributed by atoms with Crippen LogP contribution in [-0.4, -0.2) is 64.8 Å². The number of aliphatic carboxylic acids is 1. The summed E-state index contributed by atoms with van der Waals surface area (Å²) in [6, 6.07) is 0. The van der Waals surface area contributed by atoms with Crippen molar-refractivity contribution in [1.82, 2.24) is 9.80 Å². The number of rotatable bonds is 4. The minimum atomic E-state index is -0.843. The standard InChI is InChI=1S/C16H30N2O4/c1-14(2,3)9-17(7)16(8-12(19)20)10-18(11-16)13(21)22-15(4,5)6/h8-11H2,1-7H3,(H,19,20). The third-order valence-corrected chi connectivity index (χ3v) is 3.62. The molecule has 1 N–H and O–H groups in total. The van der Waals surface area contributed by atoms with Crippen molar-refractivity contribution in [3.63, 3.8) is 0 Å². The van der Waals surface area contributed by atoms with E-state index in [1.807, 2.05) is 27.8 Å². The Kier molecular flexibility index (Phi) is 5.17. The first kappa shape index (κ1) is 18.7. The molecule has 0 aromatic rings. The van der Waals surface area contributed by atoms with Crippen molar-refractivity contribution in [3.8, 4) is 0 Å². The van der Waals surface area contributed by atoms with Crippen LogP contribution in [0.25, 0.3) is 0 Å². The molecular formula is C16H30N2O4. The number of carboxylic acids is 1. The summed E-state index contributed by atoms with van der Waals surface area (Å²) in [7, 11) is 1.93. The lowest BCUT2D eigenvalue weighted by Gasteiger charge is -2.55. The van der Waals surface area contributed by atoms with Crippen molar-refractivity contribution in [2.75, 3.05) is 26.7 Å². The molecule has 0 unspecified atom stereocenters. The zero-order valence-electron chi connectivity index (χ0n) is 14.9. The van der Waals surface area contributed by atoms with Crippen LogP contribution in [-0.2, 0) is 9.53 Å². The van der Waals surface area contributed by atoms with Crippen LogP contribution in [0.15, 0.2) is 0 Å². The minimum absolute atomic E-state index is 0.0267. The van der Waals surface area contributed by atoms with Gasteiger partial charge >= 0.3 is 12.1 Å². The molecule has 0 radical (unpaired) electrons. The highest BCUT2D eigenvalue weighted by molar-refractivity contribution is 5.73. The average Bonchev–Trinajstić information content (AvgIpc) is 2.16. The molecule has 128 valence electrons. The summed E-state index contributed by atoms with van der Waals surface area (Å²) >= 11 is 0. The molecular weight excluding hydrogens is 284 g/mol. The maximum absolute atomic E-state index is 12.1. The fraction of sp³-hybridized carbons (Fsp3) is 0.875. The highest BCUT2D eigenvalue weighted by atomic mass is 16.6. The van der Waals surface area contributed by atoms with Crippen molar-refractivity contribution < 1.29 is 19.4 Å². The van der Waals surface area contributed by atoms with E-state index in [1.165, 1.54) is 0 Å². The average molecular weight is 314 g/mol. The third kappa shape index (κ3) is 5.16. The molecule has 0 aromatic carbocycles. The summed E-state index contributed by atoms with van der Waals surface area (Å²) in [5.41, 5.74) is -0.984. The van der Waals surface area contributed by atoms with E-state index < -0.39 is 17.1 Å². The van der Waals surface area contributed by atoms with Crippen molar-refractivity contribution in [2.45, 2.75) is 59.1 Å². The van der Waals surface area contributed by atoms with Gasteiger partial charge in [-0.05, 0) is 33.2 Å². The van der Waals surface area contributed by atoms with Gasteiger partial charge in [0.15, 0.2) is 0 Å². The molecule has 6 nitrogen and oxygen atoms in total. The zero-order chi connectivity index (χ0) is 17.3. The number of carbonyl (C=O) groups excluding carboxylic acids is 1. The third-order valence-electron chi connectivity index (χ3n) is 3.62. The van der Waals surface area contributed by atoms with E-state index in [4.69, 9.17) is 4.74 Å². The second-order valence-corrected chi connectivity index (χ2v) is 8.55. The highest BCUT2D eigenvalue weighted by Crippen LogP contribution is 2.33. The quantitative estimate of drug-likeness (QED) is 0.863. The fourth-order valence-corrected chi connectivity index (χ4v) is 2.77. The number of likely N-dealkylation sites (N-methyl/N-ethyl adjacent to an activating group) is 1. The van der Waals surface area contributed by atoms with Crippen molar-refractivity contribution >= 4 is 12.1 Å². The Balaban J connectivity index is 2.75. The Hall–Kier alpha value is -1.30. The lowest BCUT2D eigenvalue weighted by molar-refractivity contribution is -0.145. The van der Waals surface area contributed by atoms with Gasteiger partial charge in [0.1, 0.15) is 5.60 Å². The van der Waals surface area contributed by atoms with Gasteiger partial charge in [0.05, 0.1) is 12.0 Å². The Morgan fingerprint density at radius 1 is 1.18 bits per heavy atom. The summed E-state index contributed by atoms with van der Waals surface area (Å²) in [6.45, 7) is 13.3. The van der Waals surface area contributed by atoms with Crippen LogP contribution in [0.3, 0.4) is 0 Å². The summed E-state index contributed by atoms with van der Waals surface area (Å²) < 4.78 is 5.34. The molecule has 1 rings (SSSR count). The van der Waals surface area contributed by atoms with Crippen LogP contribution in [0.2, 0.25) is 0 Å². The fourth-order valence-electron chi connectivity index (χ4n) is 2.77. The van der Waals surface area contributed by atoms with E-state index in [2.05, 4.69) is 25.7 Å². The molecule has 22 heavy (non-hydrogen) atoms. The van der Waals surface area contributed by atoms with E-state index in [0.717, 1.165) is 6.54 Å². The minimum Gasteiger partial charge on any atom is -0.481 e. The molecule has 1 fully saturated rings. The zero-order valence-corrected chi connectivity index (χ0v) is 14.9. The van der Waals surface area contributed by atoms with Crippen LogP contribution < -0.4 is 0 Å². The molecule has 0 saturated carbocycles. The lowest BCUT2D eigenvalue weighted by Crippen LogP contribution is -2.72. The van der Waals surface area contributed by atoms with E-state index in [-0.39, 0.29) is 17.9 Å². The van der Waals surface area contributed by atoms with Gasteiger partial charge in [0.2, 0.25) is 0 Å². The highest BCUT2D eigenvalue weighted by Gasteiger charge is 2.51. The molecule has 1 saturated heterocycles. The monoisotopic (exact) mass is 314 g/mol. The molecule has 0 bridgehead atoms. The predicted octanol–water partition coefficient (Wildman–Crippen LogP) is 2.43. The first-order valence-electron chi connectivity index (χ1n) is 7.65. The molecule has 1 heterocycles. The van der Waals surface area contributed by atoms with Crippen LogP contribution in [0.1, 0.15) is 48.0 Å². The summed E-state index contributed by atoms with van der Waals surface area (Å²) in [5, 5.41) is 9.21. The van der Waals surface area contributed by atoms with Crippen molar-refractivity contribution in [3.05, 3.63) is 0 Å². The van der Waals surface area contributed by atoms with Gasteiger partial charge < -0.3 is 14.7 Å². The summed E-state index contributed by atoms with van der Waals surface area (Å²) in [4.78, 5) is 26.9. The van der Waals surface area contributed by atoms with Gasteiger partial charge in [-0.25, -0.2) is 4.79 Å². The Morgan fingerprint density at radius 2 is 1.68 bits per heavy atom. The van der Waals surface area contributed by atoms with E-state index in [0.29, 0.717) is 13.1 Å². The molecule has 1 amide bonds. The summed E-state index contributed by atoms with van der Waals surface area (Å²) in [5.74, 6) is -0.843. The van der Waals surface area contributed by atoms with Crippen LogP contribution in [0.4, 0.5) is 4.79 Å². The molecule has 0 aromatic heterocycles. The summed E-state index contributed by atoms with van der Waals surface area (Å²) in [6.07, 6.45) is -0.350. The molecule has 1 aliphatic heterocycles. The normalized spacial score (nSPS) is 18.1. The number of ether oxygens (including phenoxy) is 1. The second kappa shape index (κ2) is 6.07. The molecule has 0 atom stereocenters. The lowest BCUT2D eigenvalue weighted by atomic mass is 9.82. The maximum Gasteiger partial charge on any atom is 0.410 e. The maximum atomic E-state index is 12.1. The number of likely N-dealkylation sites (tertiary alicyclic amines) is 1. The Bertz CT molecular complexity index is 428. The number of hydrogen-bond acceptors (Lipinski definition) is 4. The first-order valence-corrected chi connectivity index (χ1v) is 7.65. The van der Waals surface area contributed by atoms with Gasteiger partial charge in [-0.3, -0.25) is 9.69 Å². The van der Waals surface area contributed by atoms with Gasteiger partial charge in [0, 0.05) is 19.6 Å². The topological polar surface area (TPSA) is 70.1 Å². The SMILES string of the molecule is CN(CC(C)(C)C)C1(CC(=O)O)CN(C(=O)OC(C)(C)C)C1. The van der Waals surface area contributed by atoms with Gasteiger partial charge in [0.25, 0.3) is 0 Å². The van der Waals surface area contributed by atoms with Gasteiger partial charge in [-0.15, -0.1) is 0 Å². The second-order valence-electron chi connectivity index (χ2n) is 8.55. The number of hydrogen-bond donors (Lipinski definition) is 1. The number of amides is 1. The molecule has 6 heteroatoms. The number of carbonyl (C=O) groups is 2. The molecule has 0 aliphatic carbocycles. The number of carboxylic acid groups (broad SMARTS) is 1. The van der Waals surface area contributed by atoms with E-state index >= 15 is 0 Å².